The lowest BCUT2D eigenvalue weighted by Gasteiger charge is -2.30. The van der Waals surface area contributed by atoms with Crippen LogP contribution in [0.1, 0.15) is 27.7 Å². The monoisotopic (exact) mass is 209 g/mol. The Hall–Kier alpha value is -1.32. The topological polar surface area (TPSA) is 49.0 Å². The molecule has 1 rings (SSSR count). The highest BCUT2D eigenvalue weighted by Gasteiger charge is 2.12. The molecule has 4 nitrogen and oxygen atoms in total. The zero-order valence-corrected chi connectivity index (χ0v) is 9.82. The van der Waals surface area contributed by atoms with Gasteiger partial charge in [-0.2, -0.15) is 5.10 Å². The Kier molecular flexibility index (Phi) is 3.88. The van der Waals surface area contributed by atoms with E-state index in [9.17, 15) is 4.79 Å². The van der Waals surface area contributed by atoms with E-state index in [1.807, 2.05) is 0 Å². The first kappa shape index (κ1) is 11.8. The maximum Gasteiger partial charge on any atom is 0.266 e. The quantitative estimate of drug-likeness (QED) is 0.820. The highest BCUT2D eigenvalue weighted by atomic mass is 16.1. The molecule has 0 spiro atoms. The van der Waals surface area contributed by atoms with Crippen molar-refractivity contribution in [3.05, 3.63) is 22.6 Å². The van der Waals surface area contributed by atoms with E-state index in [-0.39, 0.29) is 5.56 Å². The molecule has 1 aromatic heterocycles. The predicted molar refractivity (Wildman–Crippen MR) is 62.2 cm³/mol. The minimum Gasteiger partial charge on any atom is -0.367 e. The van der Waals surface area contributed by atoms with E-state index in [2.05, 4.69) is 42.8 Å². The molecular weight excluding hydrogens is 190 g/mol. The molecule has 0 unspecified atom stereocenters. The fraction of sp³-hybridized carbons (Fsp3) is 0.636. The molecule has 0 fully saturated rings. The first-order valence-corrected chi connectivity index (χ1v) is 5.32. The molecule has 0 aliphatic carbocycles. The van der Waals surface area contributed by atoms with E-state index < -0.39 is 0 Å². The van der Waals surface area contributed by atoms with Crippen molar-refractivity contribution in [3.63, 3.8) is 0 Å². The van der Waals surface area contributed by atoms with Gasteiger partial charge in [-0.25, -0.2) is 5.10 Å². The van der Waals surface area contributed by atoms with Crippen LogP contribution in [0.5, 0.6) is 0 Å². The summed E-state index contributed by atoms with van der Waals surface area (Å²) in [5.41, 5.74) is 0.740. The van der Waals surface area contributed by atoms with Gasteiger partial charge in [0.15, 0.2) is 0 Å². The molecule has 1 heterocycles. The van der Waals surface area contributed by atoms with Gasteiger partial charge in [-0.3, -0.25) is 4.79 Å². The number of hydrogen-bond acceptors (Lipinski definition) is 3. The summed E-state index contributed by atoms with van der Waals surface area (Å²) in [5.74, 6) is 0.562. The van der Waals surface area contributed by atoms with Crippen LogP contribution in [0.2, 0.25) is 0 Å². The molecule has 0 aliphatic rings. The van der Waals surface area contributed by atoms with Crippen molar-refractivity contribution in [1.82, 2.24) is 10.2 Å². The van der Waals surface area contributed by atoms with Crippen molar-refractivity contribution in [2.45, 2.75) is 33.7 Å². The number of anilines is 1. The lowest BCUT2D eigenvalue weighted by Crippen LogP contribution is -2.35. The van der Waals surface area contributed by atoms with Crippen LogP contribution in [-0.4, -0.2) is 22.8 Å². The maximum absolute atomic E-state index is 11.2. The Bertz CT molecular complexity index is 357. The number of H-pyrrole nitrogens is 1. The second-order valence-corrected chi connectivity index (χ2v) is 4.44. The normalized spacial score (nSPS) is 11.1. The Labute approximate surface area is 90.3 Å². The molecule has 84 valence electrons. The molecule has 0 saturated carbocycles. The Balaban J connectivity index is 2.93. The van der Waals surface area contributed by atoms with Crippen molar-refractivity contribution < 1.29 is 0 Å². The average molecular weight is 209 g/mol. The van der Waals surface area contributed by atoms with Gasteiger partial charge >= 0.3 is 0 Å². The van der Waals surface area contributed by atoms with Crippen LogP contribution in [0.15, 0.2) is 17.1 Å². The smallest absolute Gasteiger partial charge is 0.266 e. The third-order valence-corrected chi connectivity index (χ3v) is 2.17. The number of hydrogen-bond donors (Lipinski definition) is 1. The summed E-state index contributed by atoms with van der Waals surface area (Å²) in [6.45, 7) is 9.49. The standard InChI is InChI=1S/C11H19N3O/c1-8(2)7-14(9(3)4)10-5-11(15)13-12-6-10/h5-6,8-9H,7H2,1-4H3,(H,13,15). The van der Waals surface area contributed by atoms with E-state index >= 15 is 0 Å². The van der Waals surface area contributed by atoms with Crippen molar-refractivity contribution in [3.8, 4) is 0 Å². The van der Waals surface area contributed by atoms with E-state index in [1.54, 1.807) is 12.3 Å². The summed E-state index contributed by atoms with van der Waals surface area (Å²) in [6, 6.07) is 1.96. The van der Waals surface area contributed by atoms with Crippen LogP contribution in [0.25, 0.3) is 0 Å². The van der Waals surface area contributed by atoms with Gasteiger partial charge in [0, 0.05) is 18.7 Å². The van der Waals surface area contributed by atoms with Crippen LogP contribution in [0, 0.1) is 5.92 Å². The highest BCUT2D eigenvalue weighted by molar-refractivity contribution is 5.43. The summed E-state index contributed by atoms with van der Waals surface area (Å²) in [6.07, 6.45) is 1.70. The summed E-state index contributed by atoms with van der Waals surface area (Å²) in [4.78, 5) is 13.3. The van der Waals surface area contributed by atoms with Gasteiger partial charge in [-0.05, 0) is 19.8 Å². The first-order chi connectivity index (χ1) is 7.00. The zero-order chi connectivity index (χ0) is 11.4. The van der Waals surface area contributed by atoms with Crippen molar-refractivity contribution in [2.75, 3.05) is 11.4 Å². The van der Waals surface area contributed by atoms with Crippen LogP contribution in [0.3, 0.4) is 0 Å². The number of aromatic amines is 1. The van der Waals surface area contributed by atoms with E-state index in [0.717, 1.165) is 12.2 Å². The molecule has 4 heteroatoms. The molecule has 0 aliphatic heterocycles. The first-order valence-electron chi connectivity index (χ1n) is 5.32. The second-order valence-electron chi connectivity index (χ2n) is 4.44. The molecular formula is C11H19N3O. The number of aromatic nitrogens is 2. The summed E-state index contributed by atoms with van der Waals surface area (Å²) in [5, 5.41) is 6.20. The molecule has 0 radical (unpaired) electrons. The molecule has 0 bridgehead atoms. The number of rotatable bonds is 4. The Morgan fingerprint density at radius 1 is 1.40 bits per heavy atom. The van der Waals surface area contributed by atoms with E-state index in [1.165, 1.54) is 0 Å². The predicted octanol–water partition coefficient (Wildman–Crippen LogP) is 1.64. The highest BCUT2D eigenvalue weighted by Crippen LogP contribution is 2.15. The third-order valence-electron chi connectivity index (χ3n) is 2.17. The maximum atomic E-state index is 11.2. The van der Waals surface area contributed by atoms with Crippen molar-refractivity contribution in [1.29, 1.82) is 0 Å². The fourth-order valence-electron chi connectivity index (χ4n) is 1.53. The second kappa shape index (κ2) is 4.96. The molecule has 0 aromatic carbocycles. The fourth-order valence-corrected chi connectivity index (χ4v) is 1.53. The van der Waals surface area contributed by atoms with Crippen molar-refractivity contribution in [2.24, 2.45) is 5.92 Å². The van der Waals surface area contributed by atoms with Crippen molar-refractivity contribution >= 4 is 5.69 Å². The van der Waals surface area contributed by atoms with Gasteiger partial charge in [0.25, 0.3) is 5.56 Å². The van der Waals surface area contributed by atoms with Gasteiger partial charge in [0.2, 0.25) is 0 Å². The van der Waals surface area contributed by atoms with Gasteiger partial charge < -0.3 is 4.90 Å². The lowest BCUT2D eigenvalue weighted by molar-refractivity contribution is 0.569. The summed E-state index contributed by atoms with van der Waals surface area (Å²) >= 11 is 0. The molecule has 1 N–H and O–H groups in total. The molecule has 0 amide bonds. The lowest BCUT2D eigenvalue weighted by atomic mass is 10.1. The van der Waals surface area contributed by atoms with Gasteiger partial charge in [0.1, 0.15) is 0 Å². The summed E-state index contributed by atoms with van der Waals surface area (Å²) < 4.78 is 0. The van der Waals surface area contributed by atoms with Gasteiger partial charge in [-0.1, -0.05) is 13.8 Å². The van der Waals surface area contributed by atoms with Gasteiger partial charge in [-0.15, -0.1) is 0 Å². The van der Waals surface area contributed by atoms with Crippen LogP contribution in [0.4, 0.5) is 5.69 Å². The molecule has 0 saturated heterocycles. The largest absolute Gasteiger partial charge is 0.367 e. The van der Waals surface area contributed by atoms with Crippen LogP contribution >= 0.6 is 0 Å². The third kappa shape index (κ3) is 3.38. The minimum absolute atomic E-state index is 0.151. The molecule has 15 heavy (non-hydrogen) atoms. The Morgan fingerprint density at radius 3 is 2.53 bits per heavy atom. The molecule has 1 aromatic rings. The van der Waals surface area contributed by atoms with E-state index in [0.29, 0.717) is 12.0 Å². The van der Waals surface area contributed by atoms with Crippen LogP contribution < -0.4 is 10.5 Å². The molecule has 0 atom stereocenters. The van der Waals surface area contributed by atoms with Crippen LogP contribution in [-0.2, 0) is 0 Å². The number of nitrogens with zero attached hydrogens (tertiary/aromatic N) is 2. The minimum atomic E-state index is -0.151. The Morgan fingerprint density at radius 2 is 2.07 bits per heavy atom. The summed E-state index contributed by atoms with van der Waals surface area (Å²) in [7, 11) is 0. The average Bonchev–Trinajstić information content (AvgIpc) is 2.13. The number of nitrogens with one attached hydrogen (secondary N) is 1. The van der Waals surface area contributed by atoms with E-state index in [4.69, 9.17) is 0 Å². The zero-order valence-electron chi connectivity index (χ0n) is 9.82. The SMILES string of the molecule is CC(C)CN(c1cn[nH]c(=O)c1)C(C)C. The van der Waals surface area contributed by atoms with Gasteiger partial charge in [0.05, 0.1) is 11.9 Å².